The Kier molecular flexibility index (Phi) is 1.90. The molecule has 2 heteroatoms. The molecule has 0 aromatic heterocycles. The van der Waals surface area contributed by atoms with Gasteiger partial charge >= 0.3 is 0 Å². The second-order valence-electron chi connectivity index (χ2n) is 4.06. The first kappa shape index (κ1) is 7.56. The number of aliphatic hydroxyl groups is 1. The molecule has 0 amide bonds. The van der Waals surface area contributed by atoms with E-state index < -0.39 is 0 Å². The molecule has 2 nitrogen and oxygen atoms in total. The molecule has 2 fully saturated rings. The highest BCUT2D eigenvalue weighted by Crippen LogP contribution is 2.35. The molecular formula is C9H17NO. The van der Waals surface area contributed by atoms with Crippen LogP contribution in [0.3, 0.4) is 0 Å². The first-order valence-electron chi connectivity index (χ1n) is 4.74. The van der Waals surface area contributed by atoms with Crippen molar-refractivity contribution in [2.75, 3.05) is 6.54 Å². The van der Waals surface area contributed by atoms with Gasteiger partial charge in [0.25, 0.3) is 0 Å². The third kappa shape index (κ3) is 1.42. The molecule has 0 unspecified atom stereocenters. The second kappa shape index (κ2) is 2.76. The molecule has 1 aliphatic heterocycles. The van der Waals surface area contributed by atoms with Gasteiger partial charge in [-0.15, -0.1) is 0 Å². The van der Waals surface area contributed by atoms with E-state index in [1.54, 1.807) is 0 Å². The average molecular weight is 155 g/mol. The van der Waals surface area contributed by atoms with E-state index in [9.17, 15) is 5.11 Å². The fourth-order valence-corrected chi connectivity index (χ4v) is 2.52. The van der Waals surface area contributed by atoms with E-state index in [1.165, 1.54) is 25.7 Å². The number of piperidine rings is 1. The van der Waals surface area contributed by atoms with Crippen LogP contribution in [0.25, 0.3) is 0 Å². The summed E-state index contributed by atoms with van der Waals surface area (Å²) >= 11 is 0. The summed E-state index contributed by atoms with van der Waals surface area (Å²) in [6.45, 7) is 1.16. The Morgan fingerprint density at radius 1 is 1.27 bits per heavy atom. The first-order chi connectivity index (χ1) is 5.31. The van der Waals surface area contributed by atoms with E-state index in [0.717, 1.165) is 19.4 Å². The molecule has 0 radical (unpaired) electrons. The lowest BCUT2D eigenvalue weighted by Gasteiger charge is -2.34. The molecule has 0 aromatic carbocycles. The third-order valence-electron chi connectivity index (χ3n) is 3.16. The monoisotopic (exact) mass is 155 g/mol. The van der Waals surface area contributed by atoms with E-state index in [-0.39, 0.29) is 6.10 Å². The van der Waals surface area contributed by atoms with E-state index in [0.29, 0.717) is 5.54 Å². The SMILES string of the molecule is O[C@@H]1CC[C@]2(CCCCN2)C1. The van der Waals surface area contributed by atoms with Crippen molar-refractivity contribution in [2.45, 2.75) is 50.2 Å². The van der Waals surface area contributed by atoms with Crippen LogP contribution in [-0.4, -0.2) is 23.3 Å². The smallest absolute Gasteiger partial charge is 0.0558 e. The van der Waals surface area contributed by atoms with Crippen molar-refractivity contribution in [1.82, 2.24) is 5.32 Å². The summed E-state index contributed by atoms with van der Waals surface area (Å²) in [7, 11) is 0. The Labute approximate surface area is 68.0 Å². The lowest BCUT2D eigenvalue weighted by Crippen LogP contribution is -2.46. The number of nitrogens with one attached hydrogen (secondary N) is 1. The zero-order chi connectivity index (χ0) is 7.73. The van der Waals surface area contributed by atoms with Crippen molar-refractivity contribution in [3.05, 3.63) is 0 Å². The fraction of sp³-hybridized carbons (Fsp3) is 1.00. The van der Waals surface area contributed by atoms with Gasteiger partial charge < -0.3 is 10.4 Å². The molecular weight excluding hydrogens is 138 g/mol. The van der Waals surface area contributed by atoms with Crippen LogP contribution in [0.1, 0.15) is 38.5 Å². The molecule has 1 heterocycles. The average Bonchev–Trinajstić information content (AvgIpc) is 2.34. The lowest BCUT2D eigenvalue weighted by atomic mass is 9.87. The van der Waals surface area contributed by atoms with Crippen molar-refractivity contribution in [3.63, 3.8) is 0 Å². The van der Waals surface area contributed by atoms with Crippen molar-refractivity contribution in [1.29, 1.82) is 0 Å². The van der Waals surface area contributed by atoms with Crippen LogP contribution < -0.4 is 5.32 Å². The zero-order valence-corrected chi connectivity index (χ0v) is 6.97. The first-order valence-corrected chi connectivity index (χ1v) is 4.74. The molecule has 1 saturated carbocycles. The van der Waals surface area contributed by atoms with Gasteiger partial charge in [0.2, 0.25) is 0 Å². The molecule has 2 N–H and O–H groups in total. The second-order valence-corrected chi connectivity index (χ2v) is 4.06. The maximum atomic E-state index is 9.41. The topological polar surface area (TPSA) is 32.3 Å². The van der Waals surface area contributed by atoms with Gasteiger partial charge in [-0.25, -0.2) is 0 Å². The van der Waals surface area contributed by atoms with Gasteiger partial charge in [0.1, 0.15) is 0 Å². The number of hydrogen-bond acceptors (Lipinski definition) is 2. The molecule has 2 rings (SSSR count). The third-order valence-corrected chi connectivity index (χ3v) is 3.16. The Morgan fingerprint density at radius 3 is 2.73 bits per heavy atom. The fourth-order valence-electron chi connectivity index (χ4n) is 2.52. The highest BCUT2D eigenvalue weighted by Gasteiger charge is 2.38. The minimum atomic E-state index is -0.0272. The Morgan fingerprint density at radius 2 is 2.18 bits per heavy atom. The van der Waals surface area contributed by atoms with Gasteiger partial charge in [0.05, 0.1) is 6.10 Å². The van der Waals surface area contributed by atoms with Crippen LogP contribution in [0.15, 0.2) is 0 Å². The summed E-state index contributed by atoms with van der Waals surface area (Å²) < 4.78 is 0. The lowest BCUT2D eigenvalue weighted by molar-refractivity contribution is 0.159. The van der Waals surface area contributed by atoms with Gasteiger partial charge in [0.15, 0.2) is 0 Å². The number of hydrogen-bond donors (Lipinski definition) is 2. The van der Waals surface area contributed by atoms with Gasteiger partial charge in [-0.1, -0.05) is 6.42 Å². The maximum absolute atomic E-state index is 9.41. The van der Waals surface area contributed by atoms with Gasteiger partial charge in [0, 0.05) is 5.54 Å². The van der Waals surface area contributed by atoms with Crippen LogP contribution in [0.5, 0.6) is 0 Å². The molecule has 11 heavy (non-hydrogen) atoms. The van der Waals surface area contributed by atoms with Gasteiger partial charge in [-0.3, -0.25) is 0 Å². The minimum absolute atomic E-state index is 0.0272. The van der Waals surface area contributed by atoms with Crippen LogP contribution in [0.4, 0.5) is 0 Å². The summed E-state index contributed by atoms with van der Waals surface area (Å²) in [4.78, 5) is 0. The van der Waals surface area contributed by atoms with Crippen molar-refractivity contribution < 1.29 is 5.11 Å². The van der Waals surface area contributed by atoms with Crippen molar-refractivity contribution >= 4 is 0 Å². The molecule has 1 spiro atoms. The standard InChI is InChI=1S/C9H17NO/c11-8-3-5-9(7-8)4-1-2-6-10-9/h8,10-11H,1-7H2/t8-,9-/m1/s1. The molecule has 2 aliphatic rings. The molecule has 0 bridgehead atoms. The molecule has 2 atom stereocenters. The summed E-state index contributed by atoms with van der Waals surface area (Å²) in [5.41, 5.74) is 0.345. The summed E-state index contributed by atoms with van der Waals surface area (Å²) in [5.74, 6) is 0. The van der Waals surface area contributed by atoms with Crippen LogP contribution in [0.2, 0.25) is 0 Å². The van der Waals surface area contributed by atoms with E-state index in [1.807, 2.05) is 0 Å². The predicted molar refractivity (Wildman–Crippen MR) is 44.4 cm³/mol. The Hall–Kier alpha value is -0.0800. The highest BCUT2D eigenvalue weighted by atomic mass is 16.3. The molecule has 1 aliphatic carbocycles. The predicted octanol–water partition coefficient (Wildman–Crippen LogP) is 1.04. The van der Waals surface area contributed by atoms with E-state index in [2.05, 4.69) is 5.32 Å². The summed E-state index contributed by atoms with van der Waals surface area (Å²) in [5, 5.41) is 13.0. The number of rotatable bonds is 0. The summed E-state index contributed by atoms with van der Waals surface area (Å²) in [6, 6.07) is 0. The van der Waals surface area contributed by atoms with Crippen LogP contribution >= 0.6 is 0 Å². The molecule has 0 aromatic rings. The van der Waals surface area contributed by atoms with E-state index in [4.69, 9.17) is 0 Å². The number of aliphatic hydroxyl groups excluding tert-OH is 1. The van der Waals surface area contributed by atoms with Crippen molar-refractivity contribution in [2.24, 2.45) is 0 Å². The maximum Gasteiger partial charge on any atom is 0.0558 e. The van der Waals surface area contributed by atoms with Gasteiger partial charge in [-0.2, -0.15) is 0 Å². The minimum Gasteiger partial charge on any atom is -0.393 e. The zero-order valence-electron chi connectivity index (χ0n) is 6.97. The normalized spacial score (nSPS) is 45.0. The van der Waals surface area contributed by atoms with E-state index >= 15 is 0 Å². The largest absolute Gasteiger partial charge is 0.393 e. The van der Waals surface area contributed by atoms with Crippen LogP contribution in [0, 0.1) is 0 Å². The molecule has 1 saturated heterocycles. The Bertz CT molecular complexity index is 135. The summed E-state index contributed by atoms with van der Waals surface area (Å²) in [6.07, 6.45) is 7.11. The van der Waals surface area contributed by atoms with Crippen LogP contribution in [-0.2, 0) is 0 Å². The molecule has 64 valence electrons. The quantitative estimate of drug-likeness (QED) is 0.548. The van der Waals surface area contributed by atoms with Crippen molar-refractivity contribution in [3.8, 4) is 0 Å². The Balaban J connectivity index is 1.98. The van der Waals surface area contributed by atoms with Gasteiger partial charge in [-0.05, 0) is 38.6 Å². The highest BCUT2D eigenvalue weighted by molar-refractivity contribution is 4.97.